The van der Waals surface area contributed by atoms with Crippen LogP contribution in [0.1, 0.15) is 5.56 Å². The third-order valence-corrected chi connectivity index (χ3v) is 3.31. The van der Waals surface area contributed by atoms with E-state index in [1.807, 2.05) is 0 Å². The van der Waals surface area contributed by atoms with Crippen molar-refractivity contribution in [1.29, 1.82) is 0 Å². The Morgan fingerprint density at radius 2 is 1.81 bits per heavy atom. The second-order valence-electron chi connectivity index (χ2n) is 4.11. The van der Waals surface area contributed by atoms with E-state index in [0.29, 0.717) is 0 Å². The van der Waals surface area contributed by atoms with E-state index < -0.39 is 22.2 Å². The molecule has 0 unspecified atom stereocenters. The Balaban J connectivity index is 2.25. The molecule has 0 saturated carbocycles. The fourth-order valence-corrected chi connectivity index (χ4v) is 2.33. The first-order valence-corrected chi connectivity index (χ1v) is 6.46. The van der Waals surface area contributed by atoms with Crippen LogP contribution in [0.4, 0.5) is 20.2 Å². The maximum atomic E-state index is 13.9. The molecule has 0 aliphatic heterocycles. The number of nitrogens with one attached hydrogen (secondary N) is 1. The molecule has 0 heterocycles. The summed E-state index contributed by atoms with van der Waals surface area (Å²) in [5, 5.41) is 13.5. The van der Waals surface area contributed by atoms with Crippen molar-refractivity contribution in [1.82, 2.24) is 0 Å². The normalized spacial score (nSPS) is 10.5. The topological polar surface area (TPSA) is 55.2 Å². The number of rotatable bonds is 4. The van der Waals surface area contributed by atoms with Crippen LogP contribution in [0.25, 0.3) is 0 Å². The summed E-state index contributed by atoms with van der Waals surface area (Å²) < 4.78 is 26.9. The van der Waals surface area contributed by atoms with E-state index in [2.05, 4.69) is 5.32 Å². The van der Waals surface area contributed by atoms with E-state index >= 15 is 0 Å². The lowest BCUT2D eigenvalue weighted by Crippen LogP contribution is -2.05. The van der Waals surface area contributed by atoms with Gasteiger partial charge >= 0.3 is 5.69 Å². The molecule has 0 aromatic heterocycles. The van der Waals surface area contributed by atoms with Gasteiger partial charge in [0.1, 0.15) is 5.82 Å². The van der Waals surface area contributed by atoms with Crippen molar-refractivity contribution in [3.63, 3.8) is 0 Å². The van der Waals surface area contributed by atoms with Crippen LogP contribution in [-0.2, 0) is 6.54 Å². The van der Waals surface area contributed by atoms with Crippen molar-refractivity contribution < 1.29 is 13.7 Å². The van der Waals surface area contributed by atoms with Gasteiger partial charge in [0, 0.05) is 18.2 Å². The quantitative estimate of drug-likeness (QED) is 0.646. The molecule has 8 heteroatoms. The summed E-state index contributed by atoms with van der Waals surface area (Å²) in [7, 11) is 0. The van der Waals surface area contributed by atoms with E-state index in [9.17, 15) is 18.9 Å². The monoisotopic (exact) mass is 332 g/mol. The van der Waals surface area contributed by atoms with E-state index in [0.717, 1.165) is 18.2 Å². The Kier molecular flexibility index (Phi) is 4.59. The number of nitro groups is 1. The lowest BCUT2D eigenvalue weighted by atomic mass is 10.2. The smallest absolute Gasteiger partial charge is 0.305 e. The predicted octanol–water partition coefficient (Wildman–Crippen LogP) is 4.79. The van der Waals surface area contributed by atoms with Gasteiger partial charge in [0.25, 0.3) is 0 Å². The Hall–Kier alpha value is -1.92. The van der Waals surface area contributed by atoms with Crippen molar-refractivity contribution >= 4 is 34.6 Å². The highest BCUT2D eigenvalue weighted by molar-refractivity contribution is 6.39. The van der Waals surface area contributed by atoms with Gasteiger partial charge in [-0.25, -0.2) is 4.39 Å². The van der Waals surface area contributed by atoms with Crippen LogP contribution in [0.3, 0.4) is 0 Å². The van der Waals surface area contributed by atoms with E-state index in [4.69, 9.17) is 23.2 Å². The summed E-state index contributed by atoms with van der Waals surface area (Å²) in [6.07, 6.45) is 0. The summed E-state index contributed by atoms with van der Waals surface area (Å²) in [6.45, 7) is -0.0847. The third kappa shape index (κ3) is 3.40. The van der Waals surface area contributed by atoms with Gasteiger partial charge in [0.15, 0.2) is 0 Å². The fraction of sp³-hybridized carbons (Fsp3) is 0.0769. The first kappa shape index (κ1) is 15.5. The highest BCUT2D eigenvalue weighted by Crippen LogP contribution is 2.32. The second kappa shape index (κ2) is 6.24. The number of nitro benzene ring substituents is 1. The predicted molar refractivity (Wildman–Crippen MR) is 76.8 cm³/mol. The lowest BCUT2D eigenvalue weighted by Gasteiger charge is -2.11. The Morgan fingerprint density at radius 3 is 2.38 bits per heavy atom. The van der Waals surface area contributed by atoms with Crippen molar-refractivity contribution in [2.24, 2.45) is 0 Å². The van der Waals surface area contributed by atoms with Crippen LogP contribution < -0.4 is 5.32 Å². The van der Waals surface area contributed by atoms with E-state index in [-0.39, 0.29) is 27.8 Å². The number of halogens is 4. The molecule has 0 saturated heterocycles. The first-order valence-electron chi connectivity index (χ1n) is 5.70. The molecule has 0 atom stereocenters. The average Bonchev–Trinajstić information content (AvgIpc) is 2.38. The van der Waals surface area contributed by atoms with Gasteiger partial charge in [-0.3, -0.25) is 10.1 Å². The molecule has 0 radical (unpaired) electrons. The largest absolute Gasteiger partial charge is 0.378 e. The molecule has 4 nitrogen and oxygen atoms in total. The number of benzene rings is 2. The lowest BCUT2D eigenvalue weighted by molar-refractivity contribution is -0.387. The molecule has 0 bridgehead atoms. The van der Waals surface area contributed by atoms with Gasteiger partial charge in [-0.2, -0.15) is 4.39 Å². The zero-order valence-corrected chi connectivity index (χ0v) is 11.9. The minimum atomic E-state index is -0.940. The minimum absolute atomic E-state index is 0.0332. The third-order valence-electron chi connectivity index (χ3n) is 2.72. The molecule has 0 spiro atoms. The maximum absolute atomic E-state index is 13.9. The zero-order chi connectivity index (χ0) is 15.6. The number of nitrogens with zero attached hydrogens (tertiary/aromatic N) is 1. The number of anilines is 1. The minimum Gasteiger partial charge on any atom is -0.378 e. The van der Waals surface area contributed by atoms with Crippen LogP contribution in [0.5, 0.6) is 0 Å². The molecular weight excluding hydrogens is 325 g/mol. The fourth-order valence-electron chi connectivity index (χ4n) is 1.74. The molecule has 2 aromatic carbocycles. The Morgan fingerprint density at radius 1 is 1.19 bits per heavy atom. The van der Waals surface area contributed by atoms with Gasteiger partial charge < -0.3 is 5.32 Å². The van der Waals surface area contributed by atoms with Crippen LogP contribution in [0.2, 0.25) is 10.0 Å². The maximum Gasteiger partial charge on any atom is 0.305 e. The highest BCUT2D eigenvalue weighted by Gasteiger charge is 2.17. The van der Waals surface area contributed by atoms with Crippen LogP contribution in [-0.4, -0.2) is 4.92 Å². The van der Waals surface area contributed by atoms with Crippen molar-refractivity contribution in [3.8, 4) is 0 Å². The van der Waals surface area contributed by atoms with Crippen molar-refractivity contribution in [3.05, 3.63) is 67.7 Å². The number of hydrogen-bond acceptors (Lipinski definition) is 3. The van der Waals surface area contributed by atoms with Crippen LogP contribution in [0.15, 0.2) is 30.3 Å². The molecule has 21 heavy (non-hydrogen) atoms. The van der Waals surface area contributed by atoms with Crippen LogP contribution >= 0.6 is 23.2 Å². The van der Waals surface area contributed by atoms with Gasteiger partial charge in [-0.05, 0) is 12.1 Å². The summed E-state index contributed by atoms with van der Waals surface area (Å²) in [5.74, 6) is -1.54. The summed E-state index contributed by atoms with van der Waals surface area (Å²) in [4.78, 5) is 9.85. The molecular formula is C13H8Cl2F2N2O2. The number of hydrogen-bond donors (Lipinski definition) is 1. The standard InChI is InChI=1S/C13H8Cl2F2N2O2/c14-9-4-8(16)5-10(15)13(9)18-6-7-2-1-3-11(12(7)17)19(20)21/h1-5,18H,6H2. The molecule has 2 rings (SSSR count). The summed E-state index contributed by atoms with van der Waals surface area (Å²) in [6, 6.07) is 5.93. The molecule has 2 aromatic rings. The Bertz CT molecular complexity index is 688. The molecule has 0 fully saturated rings. The molecule has 0 amide bonds. The average molecular weight is 333 g/mol. The summed E-state index contributed by atoms with van der Waals surface area (Å²) in [5.41, 5.74) is -0.322. The highest BCUT2D eigenvalue weighted by atomic mass is 35.5. The van der Waals surface area contributed by atoms with Gasteiger partial charge in [0.2, 0.25) is 5.82 Å². The molecule has 0 aliphatic rings. The summed E-state index contributed by atoms with van der Waals surface area (Å²) >= 11 is 11.7. The van der Waals surface area contributed by atoms with Gasteiger partial charge in [0.05, 0.1) is 20.7 Å². The van der Waals surface area contributed by atoms with E-state index in [1.165, 1.54) is 12.1 Å². The van der Waals surface area contributed by atoms with Gasteiger partial charge in [-0.1, -0.05) is 35.3 Å². The van der Waals surface area contributed by atoms with Crippen molar-refractivity contribution in [2.75, 3.05) is 5.32 Å². The Labute approximate surface area is 128 Å². The van der Waals surface area contributed by atoms with Crippen molar-refractivity contribution in [2.45, 2.75) is 6.54 Å². The van der Waals surface area contributed by atoms with E-state index in [1.54, 1.807) is 0 Å². The molecule has 1 N–H and O–H groups in total. The molecule has 110 valence electrons. The van der Waals surface area contributed by atoms with Gasteiger partial charge in [-0.15, -0.1) is 0 Å². The van der Waals surface area contributed by atoms with Crippen LogP contribution in [0, 0.1) is 21.7 Å². The second-order valence-corrected chi connectivity index (χ2v) is 4.92. The first-order chi connectivity index (χ1) is 9.90. The zero-order valence-electron chi connectivity index (χ0n) is 10.4. The SMILES string of the molecule is O=[N+]([O-])c1cccc(CNc2c(Cl)cc(F)cc2Cl)c1F. The molecule has 0 aliphatic carbocycles.